The fraction of sp³-hybridized carbons (Fsp3) is 0.600. The van der Waals surface area contributed by atoms with Gasteiger partial charge in [0.15, 0.2) is 0 Å². The molecule has 0 aromatic heterocycles. The van der Waals surface area contributed by atoms with Crippen LogP contribution in [-0.4, -0.2) is 45.2 Å². The van der Waals surface area contributed by atoms with Crippen LogP contribution in [0.2, 0.25) is 0 Å². The van der Waals surface area contributed by atoms with E-state index in [1.165, 1.54) is 17.7 Å². The maximum absolute atomic E-state index is 5.73. The number of rotatable bonds is 6. The van der Waals surface area contributed by atoms with Gasteiger partial charge in [0, 0.05) is 24.7 Å². The Bertz CT molecular complexity index is 376. The third-order valence-electron chi connectivity index (χ3n) is 3.71. The number of hydrogen-bond donors (Lipinski definition) is 1. The van der Waals surface area contributed by atoms with Gasteiger partial charge in [-0.3, -0.25) is 0 Å². The molecule has 3 heteroatoms. The van der Waals surface area contributed by atoms with Crippen molar-refractivity contribution in [3.8, 4) is 0 Å². The van der Waals surface area contributed by atoms with E-state index < -0.39 is 0 Å². The van der Waals surface area contributed by atoms with Crippen molar-refractivity contribution in [3.05, 3.63) is 29.8 Å². The molecule has 1 aliphatic rings. The molecule has 0 saturated heterocycles. The minimum atomic E-state index is 0.630. The molecule has 0 aliphatic carbocycles. The monoisotopic (exact) mass is 247 g/mol. The molecule has 2 rings (SSSR count). The van der Waals surface area contributed by atoms with E-state index >= 15 is 0 Å². The summed E-state index contributed by atoms with van der Waals surface area (Å²) in [5, 5.41) is 0. The highest BCUT2D eigenvalue weighted by Gasteiger charge is 2.26. The Morgan fingerprint density at radius 1 is 1.33 bits per heavy atom. The van der Waals surface area contributed by atoms with Crippen LogP contribution in [-0.2, 0) is 0 Å². The summed E-state index contributed by atoms with van der Waals surface area (Å²) >= 11 is 0. The van der Waals surface area contributed by atoms with Crippen LogP contribution in [0.5, 0.6) is 0 Å². The van der Waals surface area contributed by atoms with Gasteiger partial charge in [0.1, 0.15) is 0 Å². The second-order valence-corrected chi connectivity index (χ2v) is 5.44. The molecule has 2 N–H and O–H groups in total. The van der Waals surface area contributed by atoms with Gasteiger partial charge in [-0.25, -0.2) is 0 Å². The summed E-state index contributed by atoms with van der Waals surface area (Å²) in [6.07, 6.45) is 2.32. The van der Waals surface area contributed by atoms with Crippen molar-refractivity contribution in [1.29, 1.82) is 0 Å². The number of nitrogens with two attached hydrogens (primary N) is 1. The summed E-state index contributed by atoms with van der Waals surface area (Å²) in [5.74, 6) is 0.630. The molecule has 0 saturated carbocycles. The van der Waals surface area contributed by atoms with Crippen LogP contribution in [0.4, 0.5) is 5.69 Å². The van der Waals surface area contributed by atoms with E-state index in [1.54, 1.807) is 0 Å². The fourth-order valence-corrected chi connectivity index (χ4v) is 2.82. The second kappa shape index (κ2) is 6.21. The second-order valence-electron chi connectivity index (χ2n) is 5.44. The summed E-state index contributed by atoms with van der Waals surface area (Å²) in [6, 6.07) is 8.80. The zero-order valence-electron chi connectivity index (χ0n) is 11.6. The average Bonchev–Trinajstić information content (AvgIpc) is 2.69. The van der Waals surface area contributed by atoms with Gasteiger partial charge < -0.3 is 15.5 Å². The van der Waals surface area contributed by atoms with E-state index in [-0.39, 0.29) is 0 Å². The van der Waals surface area contributed by atoms with Crippen molar-refractivity contribution in [2.45, 2.75) is 18.8 Å². The number of anilines is 1. The lowest BCUT2D eigenvalue weighted by Crippen LogP contribution is -2.26. The van der Waals surface area contributed by atoms with E-state index in [1.807, 2.05) is 0 Å². The molecular formula is C15H25N3. The van der Waals surface area contributed by atoms with Gasteiger partial charge in [0.2, 0.25) is 0 Å². The van der Waals surface area contributed by atoms with Gasteiger partial charge in [-0.15, -0.1) is 0 Å². The van der Waals surface area contributed by atoms with E-state index in [2.05, 4.69) is 48.2 Å². The van der Waals surface area contributed by atoms with Crippen molar-refractivity contribution >= 4 is 5.69 Å². The van der Waals surface area contributed by atoms with Gasteiger partial charge in [-0.2, -0.15) is 0 Å². The third kappa shape index (κ3) is 3.03. The van der Waals surface area contributed by atoms with Crippen LogP contribution in [0, 0.1) is 0 Å². The molecule has 0 amide bonds. The molecule has 3 nitrogen and oxygen atoms in total. The van der Waals surface area contributed by atoms with E-state index in [9.17, 15) is 0 Å². The minimum absolute atomic E-state index is 0.630. The fourth-order valence-electron chi connectivity index (χ4n) is 2.82. The Morgan fingerprint density at radius 3 is 2.83 bits per heavy atom. The average molecular weight is 247 g/mol. The largest absolute Gasteiger partial charge is 0.371 e. The first-order chi connectivity index (χ1) is 8.72. The lowest BCUT2D eigenvalue weighted by Gasteiger charge is -2.21. The van der Waals surface area contributed by atoms with Crippen LogP contribution >= 0.6 is 0 Å². The Morgan fingerprint density at radius 2 is 2.11 bits per heavy atom. The Kier molecular flexibility index (Phi) is 4.61. The Labute approximate surface area is 111 Å². The van der Waals surface area contributed by atoms with E-state index in [0.29, 0.717) is 5.92 Å². The van der Waals surface area contributed by atoms with Crippen LogP contribution in [0.1, 0.15) is 24.3 Å². The Hall–Kier alpha value is -1.06. The number of nitrogens with zero attached hydrogens (tertiary/aromatic N) is 2. The van der Waals surface area contributed by atoms with Gasteiger partial charge in [0.05, 0.1) is 0 Å². The summed E-state index contributed by atoms with van der Waals surface area (Å²) in [5.41, 5.74) is 8.64. The smallest absolute Gasteiger partial charge is 0.0402 e. The van der Waals surface area contributed by atoms with Gasteiger partial charge >= 0.3 is 0 Å². The molecular weight excluding hydrogens is 222 g/mol. The predicted octanol–water partition coefficient (Wildman–Crippen LogP) is 1.89. The first kappa shape index (κ1) is 13.4. The lowest BCUT2D eigenvalue weighted by molar-refractivity contribution is 0.400. The Balaban J connectivity index is 2.01. The van der Waals surface area contributed by atoms with E-state index in [0.717, 1.165) is 32.6 Å². The van der Waals surface area contributed by atoms with Crippen molar-refractivity contribution in [3.63, 3.8) is 0 Å². The minimum Gasteiger partial charge on any atom is -0.371 e. The SMILES string of the molecule is CN(C)CCCN1CC(CCN)c2ccccc21. The normalized spacial score (nSPS) is 18.4. The molecule has 0 bridgehead atoms. The number of hydrogen-bond acceptors (Lipinski definition) is 3. The zero-order chi connectivity index (χ0) is 13.0. The highest BCUT2D eigenvalue weighted by atomic mass is 15.2. The van der Waals surface area contributed by atoms with E-state index in [4.69, 9.17) is 5.73 Å². The first-order valence-electron chi connectivity index (χ1n) is 6.91. The molecule has 1 aromatic rings. The molecule has 1 atom stereocenters. The summed E-state index contributed by atoms with van der Waals surface area (Å²) in [4.78, 5) is 4.78. The maximum atomic E-state index is 5.73. The molecule has 0 spiro atoms. The highest BCUT2D eigenvalue weighted by Crippen LogP contribution is 2.37. The molecule has 100 valence electrons. The molecule has 1 aliphatic heterocycles. The standard InChI is InChI=1S/C15H25N3/c1-17(2)10-5-11-18-12-13(8-9-16)14-6-3-4-7-15(14)18/h3-4,6-7,13H,5,8-12,16H2,1-2H3. The maximum Gasteiger partial charge on any atom is 0.0402 e. The summed E-state index contributed by atoms with van der Waals surface area (Å²) < 4.78 is 0. The van der Waals surface area contributed by atoms with Crippen LogP contribution in [0.3, 0.4) is 0 Å². The van der Waals surface area contributed by atoms with Crippen LogP contribution in [0.15, 0.2) is 24.3 Å². The van der Waals surface area contributed by atoms with Crippen molar-refractivity contribution in [1.82, 2.24) is 4.90 Å². The van der Waals surface area contributed by atoms with Gasteiger partial charge in [0.25, 0.3) is 0 Å². The zero-order valence-corrected chi connectivity index (χ0v) is 11.6. The molecule has 1 aromatic carbocycles. The number of para-hydroxylation sites is 1. The van der Waals surface area contributed by atoms with Gasteiger partial charge in [-0.05, 0) is 51.7 Å². The quantitative estimate of drug-likeness (QED) is 0.833. The van der Waals surface area contributed by atoms with Gasteiger partial charge in [-0.1, -0.05) is 18.2 Å². The van der Waals surface area contributed by atoms with Crippen molar-refractivity contribution in [2.75, 3.05) is 45.2 Å². The molecule has 18 heavy (non-hydrogen) atoms. The van der Waals surface area contributed by atoms with Crippen LogP contribution < -0.4 is 10.6 Å². The highest BCUT2D eigenvalue weighted by molar-refractivity contribution is 5.60. The molecule has 0 radical (unpaired) electrons. The molecule has 0 fully saturated rings. The van der Waals surface area contributed by atoms with Crippen LogP contribution in [0.25, 0.3) is 0 Å². The number of fused-ring (bicyclic) bond motifs is 1. The first-order valence-corrected chi connectivity index (χ1v) is 6.91. The van der Waals surface area contributed by atoms with Crippen molar-refractivity contribution < 1.29 is 0 Å². The topological polar surface area (TPSA) is 32.5 Å². The summed E-state index contributed by atoms with van der Waals surface area (Å²) in [7, 11) is 4.27. The number of benzene rings is 1. The lowest BCUT2D eigenvalue weighted by atomic mass is 9.98. The van der Waals surface area contributed by atoms with Crippen molar-refractivity contribution in [2.24, 2.45) is 5.73 Å². The third-order valence-corrected chi connectivity index (χ3v) is 3.71. The summed E-state index contributed by atoms with van der Waals surface area (Å²) in [6.45, 7) is 4.23. The molecule has 1 unspecified atom stereocenters. The molecule has 1 heterocycles. The predicted molar refractivity (Wildman–Crippen MR) is 78.2 cm³/mol.